The van der Waals surface area contributed by atoms with E-state index in [9.17, 15) is 0 Å². The van der Waals surface area contributed by atoms with Gasteiger partial charge in [-0.15, -0.1) is 0 Å². The molecule has 1 aromatic heterocycles. The smallest absolute Gasteiger partial charge is 0.0814 e. The van der Waals surface area contributed by atoms with E-state index >= 15 is 0 Å². The van der Waals surface area contributed by atoms with Gasteiger partial charge in [-0.2, -0.15) is 5.10 Å². The first kappa shape index (κ1) is 14.8. The highest BCUT2D eigenvalue weighted by molar-refractivity contribution is 6.31. The first-order valence-electron chi connectivity index (χ1n) is 6.93. The van der Waals surface area contributed by atoms with E-state index in [-0.39, 0.29) is 11.6 Å². The molecular formula is C14H24ClN3O. The molecule has 1 aromatic rings. The number of aryl methyl sites for hydroxylation is 1. The van der Waals surface area contributed by atoms with Gasteiger partial charge in [0.1, 0.15) is 0 Å². The third kappa shape index (κ3) is 4.48. The maximum Gasteiger partial charge on any atom is 0.0814 e. The second-order valence-electron chi connectivity index (χ2n) is 6.37. The number of nitrogens with zero attached hydrogens (tertiary/aromatic N) is 2. The van der Waals surface area contributed by atoms with Crippen molar-refractivity contribution in [1.82, 2.24) is 15.1 Å². The van der Waals surface area contributed by atoms with Crippen LogP contribution in [0.25, 0.3) is 0 Å². The molecular weight excluding hydrogens is 262 g/mol. The summed E-state index contributed by atoms with van der Waals surface area (Å²) in [4.78, 5) is 0. The summed E-state index contributed by atoms with van der Waals surface area (Å²) in [5.74, 6) is 0. The zero-order valence-corrected chi connectivity index (χ0v) is 13.0. The van der Waals surface area contributed by atoms with E-state index in [4.69, 9.17) is 16.3 Å². The Kier molecular flexibility index (Phi) is 4.54. The molecule has 1 aliphatic heterocycles. The Hall–Kier alpha value is -0.580. The summed E-state index contributed by atoms with van der Waals surface area (Å²) in [7, 11) is 0. The molecule has 2 rings (SSSR count). The van der Waals surface area contributed by atoms with Gasteiger partial charge in [0.25, 0.3) is 0 Å². The van der Waals surface area contributed by atoms with Gasteiger partial charge >= 0.3 is 0 Å². The summed E-state index contributed by atoms with van der Waals surface area (Å²) in [5.41, 5.74) is 1.03. The molecule has 0 aliphatic carbocycles. The van der Waals surface area contributed by atoms with Crippen LogP contribution in [0.15, 0.2) is 6.20 Å². The Morgan fingerprint density at radius 3 is 2.68 bits per heavy atom. The Bertz CT molecular complexity index is 405. The molecule has 1 saturated heterocycles. The van der Waals surface area contributed by atoms with Crippen molar-refractivity contribution < 1.29 is 4.74 Å². The number of hydrogen-bond donors (Lipinski definition) is 1. The van der Waals surface area contributed by atoms with E-state index in [1.54, 1.807) is 0 Å². The fourth-order valence-electron chi connectivity index (χ4n) is 2.28. The van der Waals surface area contributed by atoms with Gasteiger partial charge in [-0.25, -0.2) is 0 Å². The number of aromatic nitrogens is 2. The second kappa shape index (κ2) is 5.81. The summed E-state index contributed by atoms with van der Waals surface area (Å²) in [5, 5.41) is 8.59. The van der Waals surface area contributed by atoms with Crippen LogP contribution in [0.1, 0.15) is 39.3 Å². The molecule has 19 heavy (non-hydrogen) atoms. The van der Waals surface area contributed by atoms with Crippen LogP contribution in [0.4, 0.5) is 0 Å². The van der Waals surface area contributed by atoms with E-state index in [1.807, 2.05) is 17.8 Å². The molecule has 2 heterocycles. The molecule has 1 aliphatic rings. The maximum atomic E-state index is 6.04. The number of nitrogens with one attached hydrogen (secondary N) is 1. The molecule has 0 aromatic carbocycles. The van der Waals surface area contributed by atoms with Gasteiger partial charge in [-0.1, -0.05) is 11.6 Å². The Labute approximate surface area is 120 Å². The Morgan fingerprint density at radius 1 is 1.42 bits per heavy atom. The van der Waals surface area contributed by atoms with Crippen LogP contribution in [-0.2, 0) is 11.3 Å². The minimum absolute atomic E-state index is 0.147. The predicted molar refractivity (Wildman–Crippen MR) is 77.6 cm³/mol. The van der Waals surface area contributed by atoms with Crippen LogP contribution < -0.4 is 5.32 Å². The van der Waals surface area contributed by atoms with Gasteiger partial charge in [0, 0.05) is 18.3 Å². The fourth-order valence-corrected chi connectivity index (χ4v) is 2.43. The van der Waals surface area contributed by atoms with E-state index in [0.717, 1.165) is 36.6 Å². The van der Waals surface area contributed by atoms with Crippen LogP contribution in [-0.4, -0.2) is 34.1 Å². The van der Waals surface area contributed by atoms with Gasteiger partial charge < -0.3 is 10.1 Å². The zero-order valence-electron chi connectivity index (χ0n) is 12.2. The van der Waals surface area contributed by atoms with Crippen LogP contribution in [0, 0.1) is 6.92 Å². The average Bonchev–Trinajstić information content (AvgIpc) is 2.84. The first-order valence-corrected chi connectivity index (χ1v) is 7.31. The minimum Gasteiger partial charge on any atom is -0.372 e. The lowest BCUT2D eigenvalue weighted by atomic mass is 10.1. The van der Waals surface area contributed by atoms with Crippen molar-refractivity contribution in [2.24, 2.45) is 0 Å². The molecule has 1 fully saturated rings. The van der Waals surface area contributed by atoms with Crippen LogP contribution in [0.5, 0.6) is 0 Å². The largest absolute Gasteiger partial charge is 0.372 e. The molecule has 0 amide bonds. The minimum atomic E-state index is 0.147. The van der Waals surface area contributed by atoms with Gasteiger partial charge in [-0.3, -0.25) is 4.68 Å². The molecule has 4 nitrogen and oxygen atoms in total. The topological polar surface area (TPSA) is 39.1 Å². The van der Waals surface area contributed by atoms with Crippen LogP contribution in [0.2, 0.25) is 5.02 Å². The van der Waals surface area contributed by atoms with Gasteiger partial charge in [0.2, 0.25) is 0 Å². The molecule has 1 N–H and O–H groups in total. The molecule has 108 valence electrons. The van der Waals surface area contributed by atoms with Crippen LogP contribution >= 0.6 is 11.6 Å². The van der Waals surface area contributed by atoms with Crippen molar-refractivity contribution in [3.8, 4) is 0 Å². The monoisotopic (exact) mass is 285 g/mol. The van der Waals surface area contributed by atoms with Gasteiger partial charge in [0.05, 0.1) is 29.5 Å². The van der Waals surface area contributed by atoms with Gasteiger partial charge in [-0.05, 0) is 40.5 Å². The molecule has 2 unspecified atom stereocenters. The standard InChI is InChI=1S/C14H24ClN3O/c1-10-13(15)9-18(17-10)8-12-6-5-11(19-12)7-16-14(2,3)4/h9,11-12,16H,5-8H2,1-4H3. The van der Waals surface area contributed by atoms with Crippen molar-refractivity contribution in [2.75, 3.05) is 6.54 Å². The third-order valence-electron chi connectivity index (χ3n) is 3.33. The number of rotatable bonds is 4. The van der Waals surface area contributed by atoms with Crippen molar-refractivity contribution in [2.45, 2.75) is 64.8 Å². The van der Waals surface area contributed by atoms with Crippen molar-refractivity contribution in [1.29, 1.82) is 0 Å². The van der Waals surface area contributed by atoms with E-state index in [2.05, 4.69) is 31.2 Å². The molecule has 5 heteroatoms. The summed E-state index contributed by atoms with van der Waals surface area (Å²) in [6.45, 7) is 10.2. The lowest BCUT2D eigenvalue weighted by Crippen LogP contribution is -2.41. The van der Waals surface area contributed by atoms with E-state index < -0.39 is 0 Å². The first-order chi connectivity index (χ1) is 8.83. The summed E-state index contributed by atoms with van der Waals surface area (Å²) in [6.07, 6.45) is 4.65. The summed E-state index contributed by atoms with van der Waals surface area (Å²) < 4.78 is 7.93. The SMILES string of the molecule is Cc1nn(CC2CCC(CNC(C)(C)C)O2)cc1Cl. The highest BCUT2D eigenvalue weighted by Gasteiger charge is 2.26. The maximum absolute atomic E-state index is 6.04. The van der Waals surface area contributed by atoms with E-state index in [0.29, 0.717) is 6.10 Å². The molecule has 0 spiro atoms. The van der Waals surface area contributed by atoms with Crippen LogP contribution in [0.3, 0.4) is 0 Å². The normalized spacial score (nSPS) is 24.1. The molecule has 2 atom stereocenters. The molecule has 0 bridgehead atoms. The summed E-state index contributed by atoms with van der Waals surface area (Å²) >= 11 is 6.01. The zero-order chi connectivity index (χ0) is 14.0. The molecule has 0 radical (unpaired) electrons. The Morgan fingerprint density at radius 2 is 2.11 bits per heavy atom. The number of ether oxygens (including phenoxy) is 1. The highest BCUT2D eigenvalue weighted by atomic mass is 35.5. The third-order valence-corrected chi connectivity index (χ3v) is 3.70. The van der Waals surface area contributed by atoms with Gasteiger partial charge in [0.15, 0.2) is 0 Å². The average molecular weight is 286 g/mol. The quantitative estimate of drug-likeness (QED) is 0.925. The number of halogens is 1. The predicted octanol–water partition coefficient (Wildman–Crippen LogP) is 2.78. The lowest BCUT2D eigenvalue weighted by Gasteiger charge is -2.23. The second-order valence-corrected chi connectivity index (χ2v) is 6.78. The summed E-state index contributed by atoms with van der Waals surface area (Å²) in [6, 6.07) is 0. The number of hydrogen-bond acceptors (Lipinski definition) is 3. The lowest BCUT2D eigenvalue weighted by molar-refractivity contribution is 0.0312. The van der Waals surface area contributed by atoms with Crippen molar-refractivity contribution in [3.63, 3.8) is 0 Å². The Balaban J connectivity index is 1.79. The molecule has 0 saturated carbocycles. The van der Waals surface area contributed by atoms with E-state index in [1.165, 1.54) is 0 Å². The highest BCUT2D eigenvalue weighted by Crippen LogP contribution is 2.22. The fraction of sp³-hybridized carbons (Fsp3) is 0.786. The van der Waals surface area contributed by atoms with Crippen molar-refractivity contribution in [3.05, 3.63) is 16.9 Å². The van der Waals surface area contributed by atoms with Crippen molar-refractivity contribution >= 4 is 11.6 Å².